The minimum Gasteiger partial charge on any atom is -0.479 e. The van der Waals surface area contributed by atoms with E-state index in [0.717, 1.165) is 12.8 Å². The van der Waals surface area contributed by atoms with Crippen LogP contribution < -0.4 is 26.6 Å². The quantitative estimate of drug-likeness (QED) is 0.141. The predicted molar refractivity (Wildman–Crippen MR) is 179 cm³/mol. The summed E-state index contributed by atoms with van der Waals surface area (Å²) in [7, 11) is 0. The number of rotatable bonds is 12. The van der Waals surface area contributed by atoms with E-state index in [2.05, 4.69) is 26.6 Å². The van der Waals surface area contributed by atoms with E-state index in [1.807, 2.05) is 39.8 Å². The molecule has 0 bridgehead atoms. The van der Waals surface area contributed by atoms with Crippen LogP contribution in [0.15, 0.2) is 42.5 Å². The minimum absolute atomic E-state index is 0.0449. The van der Waals surface area contributed by atoms with Crippen LogP contribution in [0.5, 0.6) is 0 Å². The maximum Gasteiger partial charge on any atom is 0.407 e. The Kier molecular flexibility index (Phi) is 14.3. The molecule has 4 atom stereocenters. The lowest BCUT2D eigenvalue weighted by Gasteiger charge is -2.28. The molecule has 1 aromatic carbocycles. The smallest absolute Gasteiger partial charge is 0.407 e. The first-order valence-electron chi connectivity index (χ1n) is 16.8. The van der Waals surface area contributed by atoms with Crippen molar-refractivity contribution < 1.29 is 43.4 Å². The van der Waals surface area contributed by atoms with Crippen molar-refractivity contribution in [3.63, 3.8) is 0 Å². The average Bonchev–Trinajstić information content (AvgIpc) is 3.82. The van der Waals surface area contributed by atoms with Gasteiger partial charge in [-0.15, -0.1) is 0 Å². The highest BCUT2D eigenvalue weighted by Crippen LogP contribution is 2.53. The number of carboxylic acids is 1. The van der Waals surface area contributed by atoms with Crippen molar-refractivity contribution in [1.82, 2.24) is 26.6 Å². The van der Waals surface area contributed by atoms with Crippen LogP contribution in [0.4, 0.5) is 4.79 Å². The maximum atomic E-state index is 13.7. The van der Waals surface area contributed by atoms with Crippen molar-refractivity contribution in [1.29, 1.82) is 0 Å². The average molecular weight is 684 g/mol. The first-order valence-corrected chi connectivity index (χ1v) is 16.8. The molecular formula is C35H49N5O9. The fourth-order valence-electron chi connectivity index (χ4n) is 5.52. The zero-order chi connectivity index (χ0) is 36.1. The molecule has 1 aliphatic carbocycles. The third-order valence-corrected chi connectivity index (χ3v) is 8.38. The number of allylic oxidation sites excluding steroid dienone is 2. The monoisotopic (exact) mass is 683 g/mol. The van der Waals surface area contributed by atoms with Gasteiger partial charge in [-0.2, -0.15) is 0 Å². The topological polar surface area (TPSA) is 209 Å². The van der Waals surface area contributed by atoms with Gasteiger partial charge in [-0.25, -0.2) is 9.59 Å². The standard InChI is InChI=1S/C35H49N5O9/c1-21(2)17-25-31(44)38-26(29(42)32(45)36-19-27(41)40-28(33(46)47)23-11-7-5-8-12-23)18-35(15-16-35)14-10-6-9-13-24(30(43)37-25)39-34(48)49-20-22(3)4/h5-8,10-12,21-22,24-26,28H,9,13-20H2,1-4H3,(H,36,45)(H,37,43)(H,38,44)(H,39,48)(H,40,41)(H,46,47)/b10-6-/t24-,25-,26?,28-/m0/s1. The molecule has 0 aromatic heterocycles. The summed E-state index contributed by atoms with van der Waals surface area (Å²) >= 11 is 0. The van der Waals surface area contributed by atoms with Gasteiger partial charge in [0, 0.05) is 0 Å². The van der Waals surface area contributed by atoms with Crippen molar-refractivity contribution in [2.24, 2.45) is 17.3 Å². The summed E-state index contributed by atoms with van der Waals surface area (Å²) in [6.45, 7) is 7.00. The SMILES string of the molecule is CC(C)COC(=O)N[C@H]1CC/C=C\CC2(CC2)CC(C(=O)C(=O)NCC(=O)N[C@H](C(=O)O)c2ccccc2)NC(=O)[C@H](CC(C)C)NC1=O. The number of carboxylic acid groups (broad SMARTS) is 1. The van der Waals surface area contributed by atoms with Crippen LogP contribution in [-0.2, 0) is 33.5 Å². The van der Waals surface area contributed by atoms with Crippen LogP contribution in [0.2, 0.25) is 0 Å². The number of hydrogen-bond donors (Lipinski definition) is 6. The summed E-state index contributed by atoms with van der Waals surface area (Å²) in [6.07, 6.45) is 6.33. The number of alkyl carbamates (subject to hydrolysis) is 1. The lowest BCUT2D eigenvalue weighted by molar-refractivity contribution is -0.142. The van der Waals surface area contributed by atoms with E-state index in [9.17, 15) is 38.7 Å². The summed E-state index contributed by atoms with van der Waals surface area (Å²) in [6, 6.07) is 3.34. The maximum absolute atomic E-state index is 13.7. The number of benzene rings is 1. The van der Waals surface area contributed by atoms with Gasteiger partial charge in [0.25, 0.3) is 5.91 Å². The van der Waals surface area contributed by atoms with E-state index in [1.54, 1.807) is 18.2 Å². The van der Waals surface area contributed by atoms with Gasteiger partial charge < -0.3 is 36.4 Å². The number of carbonyl (C=O) groups excluding carboxylic acids is 6. The van der Waals surface area contributed by atoms with Crippen LogP contribution in [0.25, 0.3) is 0 Å². The zero-order valence-electron chi connectivity index (χ0n) is 28.6. The molecule has 1 aliphatic heterocycles. The van der Waals surface area contributed by atoms with Gasteiger partial charge in [0.1, 0.15) is 12.1 Å². The molecule has 14 nitrogen and oxygen atoms in total. The minimum atomic E-state index is -1.36. The van der Waals surface area contributed by atoms with Crippen molar-refractivity contribution in [3.05, 3.63) is 48.0 Å². The zero-order valence-corrected chi connectivity index (χ0v) is 28.6. The van der Waals surface area contributed by atoms with Crippen molar-refractivity contribution in [2.45, 2.75) is 96.8 Å². The molecule has 1 fully saturated rings. The Hall–Kier alpha value is -4.75. The van der Waals surface area contributed by atoms with Gasteiger partial charge in [0.05, 0.1) is 19.2 Å². The van der Waals surface area contributed by atoms with Gasteiger partial charge in [0.2, 0.25) is 23.5 Å². The van der Waals surface area contributed by atoms with Crippen LogP contribution >= 0.6 is 0 Å². The third-order valence-electron chi connectivity index (χ3n) is 8.38. The number of ketones is 1. The number of ether oxygens (including phenoxy) is 1. The molecule has 1 spiro atoms. The van der Waals surface area contributed by atoms with Crippen molar-refractivity contribution in [2.75, 3.05) is 13.2 Å². The number of Topliss-reactive ketones (excluding diaryl/α,β-unsaturated/α-hetero) is 1. The molecule has 2 aliphatic rings. The van der Waals surface area contributed by atoms with E-state index in [-0.39, 0.29) is 43.1 Å². The second kappa shape index (κ2) is 18.1. The fourth-order valence-corrected chi connectivity index (χ4v) is 5.52. The summed E-state index contributed by atoms with van der Waals surface area (Å²) in [5.74, 6) is -5.42. The molecule has 1 aromatic rings. The highest BCUT2D eigenvalue weighted by Gasteiger charge is 2.46. The Morgan fingerprint density at radius 3 is 2.27 bits per heavy atom. The molecule has 1 saturated carbocycles. The van der Waals surface area contributed by atoms with Gasteiger partial charge in [-0.3, -0.25) is 24.0 Å². The fraction of sp³-hybridized carbons (Fsp3) is 0.571. The van der Waals surface area contributed by atoms with E-state index in [4.69, 9.17) is 4.74 Å². The molecule has 6 N–H and O–H groups in total. The number of hydrogen-bond acceptors (Lipinski definition) is 8. The van der Waals surface area contributed by atoms with Crippen molar-refractivity contribution >= 4 is 41.5 Å². The molecule has 0 radical (unpaired) electrons. The first kappa shape index (κ1) is 38.7. The lowest BCUT2D eigenvalue weighted by Crippen LogP contribution is -2.57. The molecule has 49 heavy (non-hydrogen) atoms. The number of carbonyl (C=O) groups is 7. The number of nitrogens with one attached hydrogen (secondary N) is 5. The van der Waals surface area contributed by atoms with Gasteiger partial charge in [-0.05, 0) is 67.8 Å². The van der Waals surface area contributed by atoms with Crippen LogP contribution in [0.1, 0.15) is 84.2 Å². The molecule has 3 rings (SSSR count). The summed E-state index contributed by atoms with van der Waals surface area (Å²) in [5.41, 5.74) is -0.000994. The lowest BCUT2D eigenvalue weighted by atomic mass is 9.90. The third kappa shape index (κ3) is 12.7. The predicted octanol–water partition coefficient (Wildman–Crippen LogP) is 2.29. The molecule has 1 unspecified atom stereocenters. The molecule has 5 amide bonds. The van der Waals surface area contributed by atoms with Crippen molar-refractivity contribution in [3.8, 4) is 0 Å². The summed E-state index contributed by atoms with van der Waals surface area (Å²) in [4.78, 5) is 90.4. The summed E-state index contributed by atoms with van der Waals surface area (Å²) < 4.78 is 5.20. The Bertz CT molecular complexity index is 1390. The Morgan fingerprint density at radius 1 is 0.959 bits per heavy atom. The number of aliphatic carboxylic acids is 1. The summed E-state index contributed by atoms with van der Waals surface area (Å²) in [5, 5.41) is 22.2. The van der Waals surface area contributed by atoms with E-state index in [1.165, 1.54) is 12.1 Å². The van der Waals surface area contributed by atoms with Crippen LogP contribution in [0, 0.1) is 17.3 Å². The Balaban J connectivity index is 1.75. The highest BCUT2D eigenvalue weighted by molar-refractivity contribution is 6.38. The van der Waals surface area contributed by atoms with E-state index < -0.39 is 72.2 Å². The molecular weight excluding hydrogens is 634 g/mol. The molecule has 0 saturated heterocycles. The highest BCUT2D eigenvalue weighted by atomic mass is 16.5. The number of amides is 5. The molecule has 1 heterocycles. The normalized spacial score (nSPS) is 22.1. The van der Waals surface area contributed by atoms with Gasteiger partial charge >= 0.3 is 12.1 Å². The Labute approximate surface area is 286 Å². The van der Waals surface area contributed by atoms with Gasteiger partial charge in [-0.1, -0.05) is 70.2 Å². The Morgan fingerprint density at radius 2 is 1.65 bits per heavy atom. The van der Waals surface area contributed by atoms with Crippen LogP contribution in [0.3, 0.4) is 0 Å². The first-order chi connectivity index (χ1) is 23.2. The van der Waals surface area contributed by atoms with E-state index in [0.29, 0.717) is 18.4 Å². The van der Waals surface area contributed by atoms with E-state index >= 15 is 0 Å². The van der Waals surface area contributed by atoms with Gasteiger partial charge in [0.15, 0.2) is 6.04 Å². The largest absolute Gasteiger partial charge is 0.479 e. The molecule has 268 valence electrons. The second-order valence-electron chi connectivity index (χ2n) is 13.7. The van der Waals surface area contributed by atoms with Crippen LogP contribution in [-0.4, -0.2) is 77.9 Å². The molecule has 14 heteroatoms. The second-order valence-corrected chi connectivity index (χ2v) is 13.7.